The van der Waals surface area contributed by atoms with Crippen molar-refractivity contribution < 1.29 is 87.0 Å². The van der Waals surface area contributed by atoms with Gasteiger partial charge in [-0.05, 0) is 111 Å². The van der Waals surface area contributed by atoms with Gasteiger partial charge in [-0.2, -0.15) is 0 Å². The summed E-state index contributed by atoms with van der Waals surface area (Å²) in [5, 5.41) is 44.6. The zero-order chi connectivity index (χ0) is 49.2. The topological polar surface area (TPSA) is 249 Å². The third-order valence-electron chi connectivity index (χ3n) is 18.5. The molecule has 3 heterocycles. The molecule has 8 rings (SSSR count). The van der Waals surface area contributed by atoms with Gasteiger partial charge in [0.2, 0.25) is 0 Å². The van der Waals surface area contributed by atoms with Crippen LogP contribution in [0.2, 0.25) is 0 Å². The van der Waals surface area contributed by atoms with Gasteiger partial charge in [0.15, 0.2) is 30.9 Å². The van der Waals surface area contributed by atoms with Crippen LogP contribution < -0.4 is 0 Å². The maximum atomic E-state index is 14.8. The molecule has 8 aliphatic rings. The third kappa shape index (κ3) is 8.17. The summed E-state index contributed by atoms with van der Waals surface area (Å²) < 4.78 is 55.1. The first-order chi connectivity index (χ1) is 31.0. The van der Waals surface area contributed by atoms with Crippen LogP contribution in [0.3, 0.4) is 0 Å². The Labute approximate surface area is 392 Å². The summed E-state index contributed by atoms with van der Waals surface area (Å²) in [5.74, 6) is -3.46. The highest BCUT2D eigenvalue weighted by molar-refractivity contribution is 5.87. The number of hydrogen-bond donors (Lipinski definition) is 4. The van der Waals surface area contributed by atoms with Gasteiger partial charge >= 0.3 is 23.9 Å². The van der Waals surface area contributed by atoms with E-state index in [2.05, 4.69) is 27.7 Å². The van der Waals surface area contributed by atoms with Crippen molar-refractivity contribution in [2.45, 2.75) is 219 Å². The third-order valence-corrected chi connectivity index (χ3v) is 18.5. The van der Waals surface area contributed by atoms with E-state index < -0.39 is 137 Å². The standard InChI is InChI=1S/C49H74O18/c1-23(50)59-21-30-36(61-24(2)51)37(62-25(3)52)35(57)41(65-30)64-29-18-31-46(10)19-27(54)39(47(11)14-12-33(67-47)44(7,8)58)45(46,9)16-17-48(31)22-49(48)15-13-32(43(5,6)40(29)49)66-42-38(63-26(4)53)34(56)28(55)20-60-42/h28-42,55-58H,12-22H2,1-11H3/t28-,29?,30-,31+,32?,33+,34?,35?,36-,37-,38-,39?,40+,41-,42+,45-,46+,47?,48+,49-/m1/s1. The van der Waals surface area contributed by atoms with Gasteiger partial charge in [-0.1, -0.05) is 27.7 Å². The number of fused-ring (bicyclic) bond motifs is 2. The quantitative estimate of drug-likeness (QED) is 0.132. The van der Waals surface area contributed by atoms with Gasteiger partial charge < -0.3 is 63.1 Å². The molecule has 8 fully saturated rings. The van der Waals surface area contributed by atoms with E-state index in [0.717, 1.165) is 33.1 Å². The fraction of sp³-hybridized carbons (Fsp3) is 0.898. The maximum Gasteiger partial charge on any atom is 0.303 e. The van der Waals surface area contributed by atoms with Crippen molar-refractivity contribution in [3.8, 4) is 0 Å². The molecule has 5 aliphatic carbocycles. The number of ketones is 1. The minimum absolute atomic E-state index is 0.0559. The van der Waals surface area contributed by atoms with Crippen LogP contribution in [0, 0.1) is 44.8 Å². The molecule has 18 nitrogen and oxygen atoms in total. The Kier molecular flexibility index (Phi) is 13.0. The predicted molar refractivity (Wildman–Crippen MR) is 231 cm³/mol. The Morgan fingerprint density at radius 1 is 0.746 bits per heavy atom. The lowest BCUT2D eigenvalue weighted by atomic mass is 9.41. The maximum absolute atomic E-state index is 14.8. The van der Waals surface area contributed by atoms with Crippen LogP contribution in [0.25, 0.3) is 0 Å². The number of ether oxygens (including phenoxy) is 9. The Morgan fingerprint density at radius 3 is 2.00 bits per heavy atom. The minimum Gasteiger partial charge on any atom is -0.463 e. The summed E-state index contributed by atoms with van der Waals surface area (Å²) in [5.41, 5.74) is -4.21. The number of carbonyl (C=O) groups is 5. The minimum atomic E-state index is -1.68. The van der Waals surface area contributed by atoms with Gasteiger partial charge in [0, 0.05) is 34.1 Å². The number of Topliss-reactive ketones (excluding diaryl/α,β-unsaturated/α-hetero) is 1. The summed E-state index contributed by atoms with van der Waals surface area (Å²) in [7, 11) is 0. The van der Waals surface area contributed by atoms with E-state index in [1.54, 1.807) is 13.8 Å². The van der Waals surface area contributed by atoms with Crippen LogP contribution in [0.5, 0.6) is 0 Å². The van der Waals surface area contributed by atoms with Crippen molar-refractivity contribution >= 4 is 29.7 Å². The summed E-state index contributed by atoms with van der Waals surface area (Å²) in [6, 6.07) is 0. The molecule has 0 radical (unpaired) electrons. The average Bonchev–Trinajstić information content (AvgIpc) is 3.57. The Morgan fingerprint density at radius 2 is 1.39 bits per heavy atom. The van der Waals surface area contributed by atoms with Crippen LogP contribution >= 0.6 is 0 Å². The first-order valence-corrected chi connectivity index (χ1v) is 24.3. The zero-order valence-corrected chi connectivity index (χ0v) is 40.9. The molecule has 3 saturated heterocycles. The summed E-state index contributed by atoms with van der Waals surface area (Å²) >= 11 is 0. The van der Waals surface area contributed by atoms with Crippen molar-refractivity contribution in [1.29, 1.82) is 0 Å². The second-order valence-electron chi connectivity index (χ2n) is 23.3. The van der Waals surface area contributed by atoms with Gasteiger partial charge in [0.05, 0.1) is 42.0 Å². The molecule has 18 heteroatoms. The molecule has 6 unspecified atom stereocenters. The van der Waals surface area contributed by atoms with Gasteiger partial charge in [-0.3, -0.25) is 24.0 Å². The summed E-state index contributed by atoms with van der Waals surface area (Å²) in [4.78, 5) is 64.2. The molecule has 0 aromatic rings. The van der Waals surface area contributed by atoms with E-state index in [1.165, 1.54) is 13.8 Å². The Bertz CT molecular complexity index is 1970. The number of aliphatic hydroxyl groups excluding tert-OH is 3. The molecule has 4 N–H and O–H groups in total. The van der Waals surface area contributed by atoms with Gasteiger partial charge in [0.25, 0.3) is 0 Å². The Hall–Kier alpha value is -2.81. The zero-order valence-electron chi connectivity index (χ0n) is 40.9. The summed E-state index contributed by atoms with van der Waals surface area (Å²) in [6.07, 6.45) is -8.43. The van der Waals surface area contributed by atoms with E-state index in [4.69, 9.17) is 42.6 Å². The fourth-order valence-corrected chi connectivity index (χ4v) is 15.7. The molecular formula is C49H74O18. The molecule has 67 heavy (non-hydrogen) atoms. The number of rotatable bonds is 11. The predicted octanol–water partition coefficient (Wildman–Crippen LogP) is 3.22. The lowest BCUT2D eigenvalue weighted by Gasteiger charge is -2.65. The van der Waals surface area contributed by atoms with E-state index in [9.17, 15) is 44.4 Å². The molecule has 5 saturated carbocycles. The molecule has 2 spiro atoms. The first kappa shape index (κ1) is 50.6. The normalized spacial score (nSPS) is 48.8. The Balaban J connectivity index is 1.18. The van der Waals surface area contributed by atoms with Crippen LogP contribution in [0.15, 0.2) is 0 Å². The van der Waals surface area contributed by atoms with E-state index in [0.29, 0.717) is 38.5 Å². The van der Waals surface area contributed by atoms with Gasteiger partial charge in [0.1, 0.15) is 36.8 Å². The van der Waals surface area contributed by atoms with Crippen LogP contribution in [-0.2, 0) is 66.6 Å². The van der Waals surface area contributed by atoms with Gasteiger partial charge in [-0.25, -0.2) is 0 Å². The largest absolute Gasteiger partial charge is 0.463 e. The number of esters is 4. The van der Waals surface area contributed by atoms with Crippen LogP contribution in [0.4, 0.5) is 0 Å². The van der Waals surface area contributed by atoms with Crippen LogP contribution in [-0.4, -0.2) is 148 Å². The van der Waals surface area contributed by atoms with Crippen molar-refractivity contribution in [2.75, 3.05) is 13.2 Å². The molecule has 3 aliphatic heterocycles. The average molecular weight is 951 g/mol. The highest BCUT2D eigenvalue weighted by Crippen LogP contribution is 2.89. The van der Waals surface area contributed by atoms with Crippen molar-refractivity contribution in [3.05, 3.63) is 0 Å². The fourth-order valence-electron chi connectivity index (χ4n) is 15.7. The number of hydrogen-bond acceptors (Lipinski definition) is 18. The van der Waals surface area contributed by atoms with Crippen LogP contribution in [0.1, 0.15) is 134 Å². The highest BCUT2D eigenvalue weighted by Gasteiger charge is 2.85. The molecule has 0 amide bonds. The SMILES string of the molecule is CC(=O)OC[C@H]1O[C@@H](OC2C[C@@H]3[C@]4(CC[C@]5(C)C(C6(C)CC[C@@H](C(C)(C)O)O6)C(=O)C[C@@]35C)C[C@@]43CCC(O[C@@H]4OC[C@@H](O)C(O)[C@H]4OC(C)=O)C(C)(C)[C@H]23)C(O)[C@@H](OC(C)=O)[C@@H]1OC(C)=O. The molecule has 378 valence electrons. The van der Waals surface area contributed by atoms with E-state index >= 15 is 0 Å². The molecular weight excluding hydrogens is 877 g/mol. The van der Waals surface area contributed by atoms with Crippen molar-refractivity contribution in [3.63, 3.8) is 0 Å². The lowest BCUT2D eigenvalue weighted by Crippen LogP contribution is -2.66. The number of aliphatic hydroxyl groups is 4. The van der Waals surface area contributed by atoms with Crippen molar-refractivity contribution in [2.24, 2.45) is 44.8 Å². The summed E-state index contributed by atoms with van der Waals surface area (Å²) in [6.45, 7) is 18.3. The smallest absolute Gasteiger partial charge is 0.303 e. The molecule has 0 aromatic heterocycles. The van der Waals surface area contributed by atoms with Crippen molar-refractivity contribution in [1.82, 2.24) is 0 Å². The molecule has 0 bridgehead atoms. The second kappa shape index (κ2) is 17.2. The molecule has 0 aromatic carbocycles. The lowest BCUT2D eigenvalue weighted by molar-refractivity contribution is -0.340. The van der Waals surface area contributed by atoms with Gasteiger partial charge in [-0.15, -0.1) is 0 Å². The first-order valence-electron chi connectivity index (χ1n) is 24.3. The van der Waals surface area contributed by atoms with E-state index in [-0.39, 0.29) is 35.1 Å². The monoisotopic (exact) mass is 950 g/mol. The second-order valence-corrected chi connectivity index (χ2v) is 23.3. The van der Waals surface area contributed by atoms with E-state index in [1.807, 2.05) is 6.92 Å². The highest BCUT2D eigenvalue weighted by atomic mass is 16.7. The number of carbonyl (C=O) groups excluding carboxylic acids is 5. The molecule has 20 atom stereocenters.